The molecule has 0 saturated heterocycles. The third-order valence-electron chi connectivity index (χ3n) is 2.51. The largest absolute Gasteiger partial charge is 0.406 e. The first kappa shape index (κ1) is 14.4. The van der Waals surface area contributed by atoms with Crippen LogP contribution >= 0.6 is 23.2 Å². The Morgan fingerprint density at radius 3 is 2.53 bits per heavy atom. The van der Waals surface area contributed by atoms with Crippen LogP contribution in [0.1, 0.15) is 18.1 Å². The van der Waals surface area contributed by atoms with Gasteiger partial charge in [-0.3, -0.25) is 0 Å². The standard InChI is InChI=1S/C11H8Cl2F4N2/c1-5(12)10-18-8-2-6(13)7(14)3-9(8)19(10)4-11(15,16)17/h2-3,5H,4H2,1H3. The van der Waals surface area contributed by atoms with Gasteiger partial charge in [0.05, 0.1) is 21.4 Å². The Labute approximate surface area is 115 Å². The molecule has 0 fully saturated rings. The van der Waals surface area contributed by atoms with Crippen molar-refractivity contribution < 1.29 is 17.6 Å². The van der Waals surface area contributed by atoms with Crippen molar-refractivity contribution in [3.05, 3.63) is 28.8 Å². The van der Waals surface area contributed by atoms with E-state index in [0.717, 1.165) is 10.6 Å². The summed E-state index contributed by atoms with van der Waals surface area (Å²) in [7, 11) is 0. The lowest BCUT2D eigenvalue weighted by molar-refractivity contribution is -0.140. The van der Waals surface area contributed by atoms with Crippen molar-refractivity contribution in [1.82, 2.24) is 9.55 Å². The molecule has 8 heteroatoms. The quantitative estimate of drug-likeness (QED) is 0.581. The molecule has 0 saturated carbocycles. The van der Waals surface area contributed by atoms with Gasteiger partial charge in [-0.25, -0.2) is 9.37 Å². The molecule has 0 aliphatic rings. The van der Waals surface area contributed by atoms with E-state index < -0.39 is 23.9 Å². The van der Waals surface area contributed by atoms with Crippen molar-refractivity contribution in [3.8, 4) is 0 Å². The molecule has 0 N–H and O–H groups in total. The van der Waals surface area contributed by atoms with Gasteiger partial charge in [-0.05, 0) is 13.0 Å². The molecule has 1 aromatic carbocycles. The highest BCUT2D eigenvalue weighted by Crippen LogP contribution is 2.30. The lowest BCUT2D eigenvalue weighted by Gasteiger charge is -2.12. The second-order valence-corrected chi connectivity index (χ2v) is 5.10. The number of aromatic nitrogens is 2. The van der Waals surface area contributed by atoms with Crippen LogP contribution in [0.2, 0.25) is 5.02 Å². The van der Waals surface area contributed by atoms with Crippen LogP contribution in [0.5, 0.6) is 0 Å². The SMILES string of the molecule is CC(Cl)c1nc2cc(Cl)c(F)cc2n1CC(F)(F)F. The maximum Gasteiger partial charge on any atom is 0.406 e. The smallest absolute Gasteiger partial charge is 0.317 e. The van der Waals surface area contributed by atoms with Gasteiger partial charge in [0, 0.05) is 6.07 Å². The Bertz CT molecular complexity index is 619. The van der Waals surface area contributed by atoms with Crippen LogP contribution in [0.15, 0.2) is 12.1 Å². The third kappa shape index (κ3) is 2.95. The molecule has 0 amide bonds. The molecule has 2 nitrogen and oxygen atoms in total. The average molecular weight is 315 g/mol. The van der Waals surface area contributed by atoms with Crippen LogP contribution in [0, 0.1) is 5.82 Å². The number of imidazole rings is 1. The Morgan fingerprint density at radius 2 is 2.00 bits per heavy atom. The van der Waals surface area contributed by atoms with Crippen LogP contribution in [0.3, 0.4) is 0 Å². The Morgan fingerprint density at radius 1 is 1.37 bits per heavy atom. The van der Waals surface area contributed by atoms with E-state index in [1.165, 1.54) is 13.0 Å². The van der Waals surface area contributed by atoms with Gasteiger partial charge < -0.3 is 4.57 Å². The molecule has 0 spiro atoms. The lowest BCUT2D eigenvalue weighted by Crippen LogP contribution is -2.19. The highest BCUT2D eigenvalue weighted by molar-refractivity contribution is 6.31. The molecule has 1 unspecified atom stereocenters. The normalized spacial score (nSPS) is 14.1. The number of hydrogen-bond acceptors (Lipinski definition) is 1. The molecule has 1 heterocycles. The summed E-state index contributed by atoms with van der Waals surface area (Å²) in [6.07, 6.45) is -4.45. The van der Waals surface area contributed by atoms with Gasteiger partial charge in [0.2, 0.25) is 0 Å². The first-order valence-electron chi connectivity index (χ1n) is 5.25. The number of alkyl halides is 4. The van der Waals surface area contributed by atoms with Crippen molar-refractivity contribution in [2.45, 2.75) is 25.0 Å². The van der Waals surface area contributed by atoms with E-state index in [4.69, 9.17) is 23.2 Å². The molecule has 1 atom stereocenters. The molecular formula is C11H8Cl2F4N2. The van der Waals surface area contributed by atoms with Crippen molar-refractivity contribution in [3.63, 3.8) is 0 Å². The number of nitrogens with zero attached hydrogens (tertiary/aromatic N) is 2. The lowest BCUT2D eigenvalue weighted by atomic mass is 10.3. The monoisotopic (exact) mass is 314 g/mol. The molecule has 0 aliphatic carbocycles. The molecule has 0 bridgehead atoms. The number of rotatable bonds is 2. The minimum atomic E-state index is -4.45. The predicted molar refractivity (Wildman–Crippen MR) is 65.0 cm³/mol. The van der Waals surface area contributed by atoms with E-state index in [-0.39, 0.29) is 21.9 Å². The van der Waals surface area contributed by atoms with E-state index in [9.17, 15) is 17.6 Å². The zero-order chi connectivity index (χ0) is 14.4. The van der Waals surface area contributed by atoms with E-state index in [0.29, 0.717) is 0 Å². The van der Waals surface area contributed by atoms with Crippen LogP contribution in [-0.4, -0.2) is 15.7 Å². The second-order valence-electron chi connectivity index (χ2n) is 4.04. The van der Waals surface area contributed by atoms with Crippen molar-refractivity contribution >= 4 is 34.2 Å². The van der Waals surface area contributed by atoms with Crippen molar-refractivity contribution in [1.29, 1.82) is 0 Å². The minimum absolute atomic E-state index is 0.0155. The van der Waals surface area contributed by atoms with Gasteiger partial charge in [-0.15, -0.1) is 11.6 Å². The summed E-state index contributed by atoms with van der Waals surface area (Å²) in [4.78, 5) is 3.98. The summed E-state index contributed by atoms with van der Waals surface area (Å²) in [5.41, 5.74) is 0.194. The molecule has 2 aromatic rings. The molecule has 0 aliphatic heterocycles. The van der Waals surface area contributed by atoms with Gasteiger partial charge >= 0.3 is 6.18 Å². The second kappa shape index (κ2) is 4.83. The number of halogens is 6. The van der Waals surface area contributed by atoms with Crippen LogP contribution in [0.4, 0.5) is 17.6 Å². The van der Waals surface area contributed by atoms with E-state index in [1.807, 2.05) is 0 Å². The maximum absolute atomic E-state index is 13.4. The summed E-state index contributed by atoms with van der Waals surface area (Å²) < 4.78 is 51.9. The van der Waals surface area contributed by atoms with E-state index >= 15 is 0 Å². The predicted octanol–water partition coefficient (Wildman–Crippen LogP) is 4.69. The molecule has 1 aromatic heterocycles. The molecule has 19 heavy (non-hydrogen) atoms. The van der Waals surface area contributed by atoms with Crippen molar-refractivity contribution in [2.24, 2.45) is 0 Å². The fourth-order valence-electron chi connectivity index (χ4n) is 1.79. The number of hydrogen-bond donors (Lipinski definition) is 0. The summed E-state index contributed by atoms with van der Waals surface area (Å²) in [5, 5.41) is -0.936. The zero-order valence-corrected chi connectivity index (χ0v) is 11.1. The number of benzene rings is 1. The van der Waals surface area contributed by atoms with Crippen LogP contribution < -0.4 is 0 Å². The molecule has 104 valence electrons. The summed E-state index contributed by atoms with van der Waals surface area (Å²) in [5.74, 6) is -0.776. The minimum Gasteiger partial charge on any atom is -0.317 e. The van der Waals surface area contributed by atoms with Crippen LogP contribution in [-0.2, 0) is 6.54 Å². The summed E-state index contributed by atoms with van der Waals surface area (Å²) in [6.45, 7) is 0.213. The summed E-state index contributed by atoms with van der Waals surface area (Å²) in [6, 6.07) is 2.11. The van der Waals surface area contributed by atoms with Gasteiger partial charge in [0.15, 0.2) is 0 Å². The fraction of sp³-hybridized carbons (Fsp3) is 0.364. The number of fused-ring (bicyclic) bond motifs is 1. The maximum atomic E-state index is 13.4. The zero-order valence-electron chi connectivity index (χ0n) is 9.60. The Balaban J connectivity index is 2.69. The fourth-order valence-corrected chi connectivity index (χ4v) is 2.11. The van der Waals surface area contributed by atoms with E-state index in [1.54, 1.807) is 0 Å². The average Bonchev–Trinajstić information content (AvgIpc) is 2.56. The van der Waals surface area contributed by atoms with Gasteiger partial charge in [-0.1, -0.05) is 11.6 Å². The van der Waals surface area contributed by atoms with E-state index in [2.05, 4.69) is 4.98 Å². The highest BCUT2D eigenvalue weighted by Gasteiger charge is 2.31. The Hall–Kier alpha value is -1.01. The topological polar surface area (TPSA) is 17.8 Å². The first-order valence-corrected chi connectivity index (χ1v) is 6.06. The Kier molecular flexibility index (Phi) is 3.66. The first-order chi connectivity index (χ1) is 8.69. The molecule has 0 radical (unpaired) electrons. The van der Waals surface area contributed by atoms with Crippen LogP contribution in [0.25, 0.3) is 11.0 Å². The van der Waals surface area contributed by atoms with Crippen molar-refractivity contribution in [2.75, 3.05) is 0 Å². The molecule has 2 rings (SSSR count). The van der Waals surface area contributed by atoms with Gasteiger partial charge in [0.25, 0.3) is 0 Å². The summed E-state index contributed by atoms with van der Waals surface area (Å²) >= 11 is 11.4. The van der Waals surface area contributed by atoms with Gasteiger partial charge in [-0.2, -0.15) is 13.2 Å². The third-order valence-corrected chi connectivity index (χ3v) is 3.00. The van der Waals surface area contributed by atoms with Gasteiger partial charge in [0.1, 0.15) is 18.2 Å². The molecular weight excluding hydrogens is 307 g/mol. The highest BCUT2D eigenvalue weighted by atomic mass is 35.5.